The zero-order valence-electron chi connectivity index (χ0n) is 25.0. The molecule has 1 aromatic heterocycles. The van der Waals surface area contributed by atoms with Crippen molar-refractivity contribution in [2.45, 2.75) is 92.3 Å². The summed E-state index contributed by atoms with van der Waals surface area (Å²) < 4.78 is 0. The van der Waals surface area contributed by atoms with Crippen molar-refractivity contribution in [2.24, 2.45) is 34.5 Å². The third-order valence-corrected chi connectivity index (χ3v) is 9.62. The number of aliphatic hydroxyl groups is 2. The fraction of sp³-hybridized carbons (Fsp3) is 0.606. The van der Waals surface area contributed by atoms with Crippen LogP contribution in [0.2, 0.25) is 0 Å². The average Bonchev–Trinajstić information content (AvgIpc) is 3.43. The number of hydrogen-bond donors (Lipinski definition) is 2. The van der Waals surface area contributed by atoms with Gasteiger partial charge in [-0.1, -0.05) is 63.4 Å². The molecule has 1 aromatic rings. The van der Waals surface area contributed by atoms with Gasteiger partial charge in [0.15, 0.2) is 0 Å². The van der Waals surface area contributed by atoms with Gasteiger partial charge in [0.05, 0.1) is 29.2 Å². The third-order valence-electron chi connectivity index (χ3n) is 9.25. The average molecular weight is 586 g/mol. The fourth-order valence-electron chi connectivity index (χ4n) is 5.97. The first-order valence-electron chi connectivity index (χ1n) is 14.5. The van der Waals surface area contributed by atoms with Crippen molar-refractivity contribution in [1.82, 2.24) is 4.98 Å². The number of aromatic nitrogens is 1. The molecule has 2 fully saturated rings. The van der Waals surface area contributed by atoms with Gasteiger partial charge in [0.2, 0.25) is 11.6 Å². The number of carbonyl (C=O) groups is 4. The number of nitrogens with zero attached hydrogens (tertiary/aromatic N) is 1. The van der Waals surface area contributed by atoms with E-state index in [1.165, 1.54) is 6.08 Å². The first-order valence-corrected chi connectivity index (χ1v) is 14.9. The van der Waals surface area contributed by atoms with E-state index >= 15 is 0 Å². The summed E-state index contributed by atoms with van der Waals surface area (Å²) in [4.78, 5) is 57.9. The first kappa shape index (κ1) is 33.0. The maximum absolute atomic E-state index is 13.8. The summed E-state index contributed by atoms with van der Waals surface area (Å²) in [7, 11) is 0. The molecule has 41 heavy (non-hydrogen) atoms. The van der Waals surface area contributed by atoms with E-state index in [0.717, 1.165) is 5.57 Å². The minimum atomic E-state index is -1.46. The molecule has 0 radical (unpaired) electrons. The molecule has 8 heteroatoms. The molecule has 0 spiro atoms. The van der Waals surface area contributed by atoms with E-state index in [1.54, 1.807) is 38.2 Å². The third kappa shape index (κ3) is 7.49. The van der Waals surface area contributed by atoms with Crippen LogP contribution < -0.4 is 0 Å². The lowest BCUT2D eigenvalue weighted by atomic mass is 9.70. The van der Waals surface area contributed by atoms with Crippen LogP contribution in [-0.2, 0) is 19.2 Å². The smallest absolute Gasteiger partial charge is 0.206 e. The normalized spacial score (nSPS) is 33.7. The summed E-state index contributed by atoms with van der Waals surface area (Å²) >= 11 is 6.65. The highest BCUT2D eigenvalue weighted by Crippen LogP contribution is 2.55. The van der Waals surface area contributed by atoms with E-state index in [4.69, 9.17) is 11.6 Å². The van der Waals surface area contributed by atoms with Gasteiger partial charge in [-0.3, -0.25) is 24.2 Å². The predicted molar refractivity (Wildman–Crippen MR) is 159 cm³/mol. The predicted octanol–water partition coefficient (Wildman–Crippen LogP) is 5.51. The number of fused-ring (bicyclic) bond motifs is 1. The van der Waals surface area contributed by atoms with Crippen LogP contribution in [0.1, 0.15) is 85.8 Å². The Morgan fingerprint density at radius 3 is 2.39 bits per heavy atom. The monoisotopic (exact) mass is 585 g/mol. The zero-order chi connectivity index (χ0) is 30.7. The van der Waals surface area contributed by atoms with Crippen LogP contribution >= 0.6 is 11.6 Å². The van der Waals surface area contributed by atoms with Crippen LogP contribution in [0.25, 0.3) is 6.08 Å². The van der Waals surface area contributed by atoms with Crippen molar-refractivity contribution in [3.05, 3.63) is 46.8 Å². The molecule has 7 nitrogen and oxygen atoms in total. The van der Waals surface area contributed by atoms with Crippen molar-refractivity contribution in [1.29, 1.82) is 0 Å². The van der Waals surface area contributed by atoms with Crippen molar-refractivity contribution < 1.29 is 29.4 Å². The van der Waals surface area contributed by atoms with E-state index in [2.05, 4.69) is 4.98 Å². The SMILES string of the molecule is CC(C)=CC[C@H]1C(=O)C(C)(C)[C@@H](O)CC(=O)C(=O)[C@@H](C(Cl)=Cc2ccccn2)CC2C(=O)C2(C)CCC[C@H](C)[C@H]1O. The minimum Gasteiger partial charge on any atom is -0.392 e. The molecule has 2 unspecified atom stereocenters. The lowest BCUT2D eigenvalue weighted by Gasteiger charge is -2.36. The lowest BCUT2D eigenvalue weighted by molar-refractivity contribution is -0.146. The number of halogens is 1. The quantitative estimate of drug-likeness (QED) is 0.353. The van der Waals surface area contributed by atoms with Gasteiger partial charge >= 0.3 is 0 Å². The van der Waals surface area contributed by atoms with Crippen LogP contribution in [0, 0.1) is 34.5 Å². The van der Waals surface area contributed by atoms with Gasteiger partial charge in [0, 0.05) is 34.9 Å². The standard InChI is InChI=1S/C33H44ClNO6/c1-19(2)12-13-22-28(38)20(3)10-9-14-33(6)24(31(33)41)17-23(25(34)16-21-11-7-8-15-35-21)29(39)26(36)18-27(37)32(4,5)30(22)40/h7-8,11-12,15-16,20,22-24,27-28,37-38H,9-10,13-14,17-18H2,1-6H3/t20-,22+,23+,24?,27-,28+,33?/m0/s1. The van der Waals surface area contributed by atoms with Crippen molar-refractivity contribution in [2.75, 3.05) is 0 Å². The fourth-order valence-corrected chi connectivity index (χ4v) is 6.27. The highest BCUT2D eigenvalue weighted by molar-refractivity contribution is 6.43. The van der Waals surface area contributed by atoms with Crippen LogP contribution in [0.15, 0.2) is 41.1 Å². The van der Waals surface area contributed by atoms with Crippen LogP contribution in [0.3, 0.4) is 0 Å². The summed E-state index contributed by atoms with van der Waals surface area (Å²) in [6.07, 6.45) is 4.23. The number of allylic oxidation sites excluding steroid dienone is 3. The zero-order valence-corrected chi connectivity index (χ0v) is 25.8. The van der Waals surface area contributed by atoms with Gasteiger partial charge in [0.25, 0.3) is 0 Å². The summed E-state index contributed by atoms with van der Waals surface area (Å²) in [6, 6.07) is 5.24. The second-order valence-electron chi connectivity index (χ2n) is 13.0. The number of carbonyl (C=O) groups excluding carboxylic acids is 4. The Morgan fingerprint density at radius 2 is 1.78 bits per heavy atom. The highest BCUT2D eigenvalue weighted by atomic mass is 35.5. The molecule has 3 rings (SSSR count). The molecule has 2 saturated carbocycles. The summed E-state index contributed by atoms with van der Waals surface area (Å²) in [6.45, 7) is 10.7. The largest absolute Gasteiger partial charge is 0.392 e. The Balaban J connectivity index is 2.00. The Morgan fingerprint density at radius 1 is 1.10 bits per heavy atom. The van der Waals surface area contributed by atoms with Gasteiger partial charge in [-0.05, 0) is 63.7 Å². The van der Waals surface area contributed by atoms with Gasteiger partial charge in [0.1, 0.15) is 11.6 Å². The number of aliphatic hydroxyl groups excluding tert-OH is 2. The number of ketones is 4. The topological polar surface area (TPSA) is 122 Å². The van der Waals surface area contributed by atoms with Gasteiger partial charge in [-0.15, -0.1) is 0 Å². The molecule has 224 valence electrons. The maximum atomic E-state index is 13.8. The molecule has 7 atom stereocenters. The van der Waals surface area contributed by atoms with Gasteiger partial charge in [-0.2, -0.15) is 0 Å². The second kappa shape index (κ2) is 13.2. The highest BCUT2D eigenvalue weighted by Gasteiger charge is 2.61. The van der Waals surface area contributed by atoms with Crippen LogP contribution in [0.4, 0.5) is 0 Å². The molecule has 2 aliphatic carbocycles. The number of Topliss-reactive ketones (excluding diaryl/α,β-unsaturated/α-hetero) is 4. The molecule has 0 amide bonds. The Hall–Kier alpha value is -2.48. The second-order valence-corrected chi connectivity index (χ2v) is 13.4. The molecule has 0 saturated heterocycles. The van der Waals surface area contributed by atoms with Crippen molar-refractivity contribution >= 4 is 40.8 Å². The molecule has 0 aliphatic heterocycles. The lowest BCUT2D eigenvalue weighted by Crippen LogP contribution is -2.47. The van der Waals surface area contributed by atoms with Crippen molar-refractivity contribution in [3.8, 4) is 0 Å². The first-order chi connectivity index (χ1) is 19.1. The Bertz CT molecular complexity index is 1220. The molecule has 2 aliphatic rings. The van der Waals surface area contributed by atoms with Crippen LogP contribution in [-0.4, -0.2) is 50.5 Å². The Kier molecular flexibility index (Phi) is 10.7. The number of rotatable bonds is 4. The van der Waals surface area contributed by atoms with E-state index in [0.29, 0.717) is 31.4 Å². The summed E-state index contributed by atoms with van der Waals surface area (Å²) in [5, 5.41) is 22.6. The van der Waals surface area contributed by atoms with Crippen LogP contribution in [0.5, 0.6) is 0 Å². The Labute approximate surface area is 248 Å². The molecule has 0 aromatic carbocycles. The molecule has 2 N–H and O–H groups in total. The van der Waals surface area contributed by atoms with Gasteiger partial charge in [-0.25, -0.2) is 0 Å². The van der Waals surface area contributed by atoms with E-state index in [9.17, 15) is 29.4 Å². The molecule has 0 bridgehead atoms. The van der Waals surface area contributed by atoms with E-state index in [-0.39, 0.29) is 28.9 Å². The number of hydrogen-bond acceptors (Lipinski definition) is 7. The summed E-state index contributed by atoms with van der Waals surface area (Å²) in [5.41, 5.74) is -0.542. The van der Waals surface area contributed by atoms with E-state index < -0.39 is 58.8 Å². The summed E-state index contributed by atoms with van der Waals surface area (Å²) in [5.74, 6) is -4.50. The van der Waals surface area contributed by atoms with E-state index in [1.807, 2.05) is 33.8 Å². The maximum Gasteiger partial charge on any atom is 0.206 e. The van der Waals surface area contributed by atoms with Gasteiger partial charge < -0.3 is 10.2 Å². The molecule has 1 heterocycles. The molecular weight excluding hydrogens is 542 g/mol. The number of pyridine rings is 1. The minimum absolute atomic E-state index is 0.0281. The van der Waals surface area contributed by atoms with Crippen molar-refractivity contribution in [3.63, 3.8) is 0 Å². The molecular formula is C33H44ClNO6.